The van der Waals surface area contributed by atoms with Crippen molar-refractivity contribution in [3.05, 3.63) is 47.7 Å². The zero-order valence-corrected chi connectivity index (χ0v) is 20.9. The molecule has 0 aliphatic rings. The molecular formula is C24H34N6O6. The van der Waals surface area contributed by atoms with E-state index in [1.54, 1.807) is 45.0 Å². The van der Waals surface area contributed by atoms with E-state index >= 15 is 0 Å². The molecule has 0 saturated carbocycles. The predicted octanol–water partition coefficient (Wildman–Crippen LogP) is 2.10. The Morgan fingerprint density at radius 2 is 1.86 bits per heavy atom. The molecule has 1 heterocycles. The number of alkyl carbamates (subject to hydrolysis) is 1. The van der Waals surface area contributed by atoms with Gasteiger partial charge in [0.05, 0.1) is 5.69 Å². The standard InChI is InChI=1S/C24H34N6O6/c1-14(12-27-23(34)36-24(2,3)4)5-10-19-29-18(13-35-19)20(31)30-17(21(32)33)11-15-6-8-16(9-7-15)28-22(25)26/h6-9,13-14,17H,5,10-12H2,1-4H3,(H,27,34)(H,30,31)(H,32,33)(H4,25,26,28)/t14-,17-/m0/s1. The van der Waals surface area contributed by atoms with Crippen molar-refractivity contribution in [1.82, 2.24) is 15.6 Å². The predicted molar refractivity (Wildman–Crippen MR) is 133 cm³/mol. The fraction of sp³-hybridized carbons (Fsp3) is 0.458. The molecule has 0 saturated heterocycles. The number of aliphatic imine (C=N–C) groups is 1. The average Bonchev–Trinajstić information content (AvgIpc) is 3.24. The number of nitrogens with zero attached hydrogens (tertiary/aromatic N) is 2. The number of hydrogen-bond donors (Lipinski definition) is 5. The first-order valence-electron chi connectivity index (χ1n) is 11.5. The summed E-state index contributed by atoms with van der Waals surface area (Å²) in [7, 11) is 0. The Balaban J connectivity index is 1.87. The van der Waals surface area contributed by atoms with Crippen LogP contribution in [0.5, 0.6) is 0 Å². The maximum Gasteiger partial charge on any atom is 0.407 e. The van der Waals surface area contributed by atoms with Crippen molar-refractivity contribution in [3.8, 4) is 0 Å². The maximum absolute atomic E-state index is 12.6. The molecule has 0 fully saturated rings. The van der Waals surface area contributed by atoms with Crippen molar-refractivity contribution in [2.45, 2.75) is 58.6 Å². The Labute approximate surface area is 209 Å². The van der Waals surface area contributed by atoms with E-state index in [0.29, 0.717) is 36.5 Å². The number of oxazole rings is 1. The lowest BCUT2D eigenvalue weighted by atomic mass is 10.1. The normalized spacial score (nSPS) is 12.8. The van der Waals surface area contributed by atoms with Crippen LogP contribution in [0.25, 0.3) is 0 Å². The Morgan fingerprint density at radius 1 is 1.19 bits per heavy atom. The number of nitrogens with two attached hydrogens (primary N) is 2. The number of carbonyl (C=O) groups excluding carboxylic acids is 2. The Bertz CT molecular complexity index is 1070. The van der Waals surface area contributed by atoms with Gasteiger partial charge in [-0.1, -0.05) is 19.1 Å². The van der Waals surface area contributed by atoms with E-state index in [2.05, 4.69) is 20.6 Å². The van der Waals surface area contributed by atoms with Gasteiger partial charge in [0.1, 0.15) is 17.9 Å². The molecule has 0 unspecified atom stereocenters. The smallest absolute Gasteiger partial charge is 0.407 e. The highest BCUT2D eigenvalue weighted by Gasteiger charge is 2.23. The van der Waals surface area contributed by atoms with Gasteiger partial charge in [0.2, 0.25) is 0 Å². The summed E-state index contributed by atoms with van der Waals surface area (Å²) in [5.41, 5.74) is 11.3. The van der Waals surface area contributed by atoms with Gasteiger partial charge in [-0.2, -0.15) is 0 Å². The number of guanidine groups is 1. The first-order chi connectivity index (χ1) is 16.8. The fourth-order valence-corrected chi connectivity index (χ4v) is 3.10. The molecule has 0 bridgehead atoms. The Hall–Kier alpha value is -4.09. The number of aryl methyl sites for hydroxylation is 1. The molecule has 1 aromatic heterocycles. The second kappa shape index (κ2) is 12.6. The lowest BCUT2D eigenvalue weighted by Gasteiger charge is -2.20. The first kappa shape index (κ1) is 28.1. The molecule has 2 rings (SSSR count). The molecule has 7 N–H and O–H groups in total. The molecule has 0 aliphatic heterocycles. The van der Waals surface area contributed by atoms with Gasteiger partial charge in [0, 0.05) is 19.4 Å². The number of benzene rings is 1. The van der Waals surface area contributed by atoms with Gasteiger partial charge in [-0.3, -0.25) is 4.79 Å². The van der Waals surface area contributed by atoms with E-state index in [0.717, 1.165) is 0 Å². The molecule has 2 atom stereocenters. The van der Waals surface area contributed by atoms with Crippen LogP contribution in [0.15, 0.2) is 39.9 Å². The van der Waals surface area contributed by atoms with E-state index in [9.17, 15) is 19.5 Å². The number of aliphatic carboxylic acids is 1. The fourth-order valence-electron chi connectivity index (χ4n) is 3.10. The van der Waals surface area contributed by atoms with E-state index in [-0.39, 0.29) is 24.0 Å². The van der Waals surface area contributed by atoms with Crippen molar-refractivity contribution >= 4 is 29.6 Å². The minimum absolute atomic E-state index is 0.0149. The number of hydrogen-bond acceptors (Lipinski definition) is 7. The van der Waals surface area contributed by atoms with Crippen LogP contribution < -0.4 is 22.1 Å². The number of nitrogens with one attached hydrogen (secondary N) is 2. The largest absolute Gasteiger partial charge is 0.480 e. The van der Waals surface area contributed by atoms with Gasteiger partial charge in [-0.15, -0.1) is 0 Å². The Morgan fingerprint density at radius 3 is 2.44 bits per heavy atom. The van der Waals surface area contributed by atoms with E-state index in [1.807, 2.05) is 6.92 Å². The highest BCUT2D eigenvalue weighted by Crippen LogP contribution is 2.15. The highest BCUT2D eigenvalue weighted by molar-refractivity contribution is 5.94. The molecule has 12 nitrogen and oxygen atoms in total. The summed E-state index contributed by atoms with van der Waals surface area (Å²) in [5.74, 6) is -1.49. The lowest BCUT2D eigenvalue weighted by Crippen LogP contribution is -2.42. The monoisotopic (exact) mass is 502 g/mol. The summed E-state index contributed by atoms with van der Waals surface area (Å²) in [4.78, 5) is 44.1. The van der Waals surface area contributed by atoms with Crippen molar-refractivity contribution in [1.29, 1.82) is 0 Å². The molecule has 0 radical (unpaired) electrons. The molecule has 1 aromatic carbocycles. The molecule has 0 aliphatic carbocycles. The zero-order chi connectivity index (χ0) is 26.9. The third-order valence-corrected chi connectivity index (χ3v) is 4.87. The van der Waals surface area contributed by atoms with Crippen LogP contribution in [0.4, 0.5) is 10.5 Å². The summed E-state index contributed by atoms with van der Waals surface area (Å²) in [6, 6.07) is 5.46. The topological polar surface area (TPSA) is 195 Å². The van der Waals surface area contributed by atoms with E-state index in [4.69, 9.17) is 20.6 Å². The van der Waals surface area contributed by atoms with Crippen LogP contribution in [0, 0.1) is 5.92 Å². The van der Waals surface area contributed by atoms with Crippen molar-refractivity contribution < 1.29 is 28.6 Å². The first-order valence-corrected chi connectivity index (χ1v) is 11.5. The number of aromatic nitrogens is 1. The van der Waals surface area contributed by atoms with Crippen LogP contribution in [0.3, 0.4) is 0 Å². The molecular weight excluding hydrogens is 468 g/mol. The van der Waals surface area contributed by atoms with Crippen molar-refractivity contribution in [3.63, 3.8) is 0 Å². The molecule has 0 spiro atoms. The van der Waals surface area contributed by atoms with Gasteiger partial charge in [0.15, 0.2) is 17.5 Å². The average molecular weight is 503 g/mol. The second-order valence-corrected chi connectivity index (χ2v) is 9.42. The number of rotatable bonds is 11. The van der Waals surface area contributed by atoms with E-state index in [1.165, 1.54) is 6.26 Å². The molecule has 2 aromatic rings. The minimum atomic E-state index is -1.19. The summed E-state index contributed by atoms with van der Waals surface area (Å²) in [6.45, 7) is 7.74. The van der Waals surface area contributed by atoms with E-state index < -0.39 is 29.6 Å². The molecule has 2 amide bonds. The quantitative estimate of drug-likeness (QED) is 0.226. The molecule has 12 heteroatoms. The summed E-state index contributed by atoms with van der Waals surface area (Å²) < 4.78 is 10.6. The van der Waals surface area contributed by atoms with Crippen LogP contribution in [-0.4, -0.2) is 52.2 Å². The van der Waals surface area contributed by atoms with Gasteiger partial charge < -0.3 is 36.4 Å². The number of amides is 2. The SMILES string of the molecule is C[C@@H](CCc1nc(C(=O)N[C@@H](Cc2ccc(N=C(N)N)cc2)C(=O)O)co1)CNC(=O)OC(C)(C)C. The van der Waals surface area contributed by atoms with Crippen molar-refractivity contribution in [2.75, 3.05) is 6.54 Å². The summed E-state index contributed by atoms with van der Waals surface area (Å²) >= 11 is 0. The summed E-state index contributed by atoms with van der Waals surface area (Å²) in [5, 5.41) is 14.7. The van der Waals surface area contributed by atoms with Crippen LogP contribution in [0.2, 0.25) is 0 Å². The van der Waals surface area contributed by atoms with Crippen molar-refractivity contribution in [2.24, 2.45) is 22.4 Å². The van der Waals surface area contributed by atoms with Gasteiger partial charge in [-0.05, 0) is 50.8 Å². The highest BCUT2D eigenvalue weighted by atomic mass is 16.6. The van der Waals surface area contributed by atoms with Crippen LogP contribution in [-0.2, 0) is 22.4 Å². The molecule has 36 heavy (non-hydrogen) atoms. The minimum Gasteiger partial charge on any atom is -0.480 e. The number of carbonyl (C=O) groups is 3. The Kier molecular flexibility index (Phi) is 9.83. The lowest BCUT2D eigenvalue weighted by molar-refractivity contribution is -0.139. The number of carboxylic acids is 1. The van der Waals surface area contributed by atoms with Crippen LogP contribution in [0.1, 0.15) is 56.1 Å². The number of carboxylic acid groups (broad SMARTS) is 1. The van der Waals surface area contributed by atoms with Gasteiger partial charge in [-0.25, -0.2) is 19.6 Å². The third-order valence-electron chi connectivity index (χ3n) is 4.87. The summed E-state index contributed by atoms with van der Waals surface area (Å²) in [6.07, 6.45) is 1.84. The third kappa shape index (κ3) is 10.0. The maximum atomic E-state index is 12.6. The second-order valence-electron chi connectivity index (χ2n) is 9.42. The zero-order valence-electron chi connectivity index (χ0n) is 20.9. The molecule has 196 valence electrons. The van der Waals surface area contributed by atoms with Crippen LogP contribution >= 0.6 is 0 Å². The van der Waals surface area contributed by atoms with Gasteiger partial charge >= 0.3 is 12.1 Å². The number of ether oxygens (including phenoxy) is 1. The van der Waals surface area contributed by atoms with Gasteiger partial charge in [0.25, 0.3) is 5.91 Å².